The zero-order chi connectivity index (χ0) is 22.7. The molecule has 0 bridgehead atoms. The van der Waals surface area contributed by atoms with Gasteiger partial charge < -0.3 is 14.8 Å². The number of carbonyl (C=O) groups excluding carboxylic acids is 2. The van der Waals surface area contributed by atoms with Gasteiger partial charge in [-0.1, -0.05) is 29.5 Å². The van der Waals surface area contributed by atoms with E-state index in [1.807, 2.05) is 29.1 Å². The van der Waals surface area contributed by atoms with E-state index < -0.39 is 5.97 Å². The second-order valence-corrected chi connectivity index (χ2v) is 7.97. The number of aromatic nitrogens is 3. The Morgan fingerprint density at radius 2 is 1.88 bits per heavy atom. The zero-order valence-corrected chi connectivity index (χ0v) is 17.7. The molecule has 1 amide bonds. The first-order valence-corrected chi connectivity index (χ1v) is 10.5. The van der Waals surface area contributed by atoms with Gasteiger partial charge in [0.05, 0.1) is 25.0 Å². The number of nitrogens with one attached hydrogen (secondary N) is 1. The van der Waals surface area contributed by atoms with Gasteiger partial charge in [0.25, 0.3) is 0 Å². The smallest absolute Gasteiger partial charge is 0.339 e. The Hall–Kier alpha value is -3.75. The zero-order valence-electron chi connectivity index (χ0n) is 17.7. The first-order chi connectivity index (χ1) is 15.4. The topological polar surface area (TPSA) is 127 Å². The van der Waals surface area contributed by atoms with Crippen molar-refractivity contribution in [2.24, 2.45) is 5.92 Å². The number of nitrogens with zero attached hydrogens (tertiary/aromatic N) is 3. The lowest BCUT2D eigenvalue weighted by Gasteiger charge is -2.27. The molecule has 1 fully saturated rings. The summed E-state index contributed by atoms with van der Waals surface area (Å²) in [6.45, 7) is 1.58. The standard InChI is InChI=1S/C23H24N4O5/c1-14(28)17-4-2-3-5-18(17)20-13-27(26-25-20)16-8-6-15(7-9-16)22(29)24-12-21-19(23(30)31)10-11-32-21/h2-5,10-11,13,15-16H,6-9,12H2,1H3,(H,24,29)(H,30,31). The highest BCUT2D eigenvalue weighted by Crippen LogP contribution is 2.33. The van der Waals surface area contributed by atoms with E-state index in [0.29, 0.717) is 24.1 Å². The lowest BCUT2D eigenvalue weighted by molar-refractivity contribution is -0.126. The molecule has 1 aliphatic rings. The molecule has 0 saturated heterocycles. The van der Waals surface area contributed by atoms with Gasteiger partial charge in [0, 0.05) is 17.0 Å². The molecule has 166 valence electrons. The molecule has 0 radical (unpaired) electrons. The van der Waals surface area contributed by atoms with Gasteiger partial charge in [0.1, 0.15) is 17.0 Å². The highest BCUT2D eigenvalue weighted by molar-refractivity contribution is 6.00. The number of benzene rings is 1. The summed E-state index contributed by atoms with van der Waals surface area (Å²) in [5, 5.41) is 20.4. The number of Topliss-reactive ketones (excluding diaryl/α,β-unsaturated/α-hetero) is 1. The molecule has 9 heteroatoms. The maximum atomic E-state index is 12.5. The van der Waals surface area contributed by atoms with E-state index >= 15 is 0 Å². The van der Waals surface area contributed by atoms with Crippen molar-refractivity contribution in [2.75, 3.05) is 0 Å². The summed E-state index contributed by atoms with van der Waals surface area (Å²) >= 11 is 0. The predicted octanol–water partition coefficient (Wildman–Crippen LogP) is 3.49. The number of furan rings is 1. The molecule has 0 unspecified atom stereocenters. The van der Waals surface area contributed by atoms with E-state index in [1.165, 1.54) is 19.3 Å². The maximum Gasteiger partial charge on any atom is 0.339 e. The molecular weight excluding hydrogens is 412 g/mol. The van der Waals surface area contributed by atoms with Gasteiger partial charge >= 0.3 is 5.97 Å². The molecule has 0 aliphatic heterocycles. The van der Waals surface area contributed by atoms with Crippen LogP contribution >= 0.6 is 0 Å². The summed E-state index contributed by atoms with van der Waals surface area (Å²) in [4.78, 5) is 35.6. The molecule has 4 rings (SSSR count). The molecule has 0 spiro atoms. The number of amides is 1. The number of carboxylic acid groups (broad SMARTS) is 1. The fourth-order valence-corrected chi connectivity index (χ4v) is 4.17. The third-order valence-electron chi connectivity index (χ3n) is 5.93. The number of ketones is 1. The fourth-order valence-electron chi connectivity index (χ4n) is 4.17. The van der Waals surface area contributed by atoms with Crippen molar-refractivity contribution in [2.45, 2.75) is 45.2 Å². The van der Waals surface area contributed by atoms with Crippen LogP contribution in [0.2, 0.25) is 0 Å². The largest absolute Gasteiger partial charge is 0.478 e. The number of carbonyl (C=O) groups is 3. The van der Waals surface area contributed by atoms with Crippen LogP contribution in [0.4, 0.5) is 0 Å². The van der Waals surface area contributed by atoms with Gasteiger partial charge in [-0.2, -0.15) is 0 Å². The Morgan fingerprint density at radius 3 is 2.59 bits per heavy atom. The van der Waals surface area contributed by atoms with Crippen LogP contribution in [0.15, 0.2) is 47.2 Å². The molecule has 32 heavy (non-hydrogen) atoms. The van der Waals surface area contributed by atoms with E-state index in [0.717, 1.165) is 18.4 Å². The van der Waals surface area contributed by atoms with E-state index in [1.54, 1.807) is 6.07 Å². The van der Waals surface area contributed by atoms with Crippen molar-refractivity contribution >= 4 is 17.7 Å². The molecule has 2 heterocycles. The Balaban J connectivity index is 1.34. The average molecular weight is 436 g/mol. The van der Waals surface area contributed by atoms with Crippen molar-refractivity contribution in [3.05, 3.63) is 59.7 Å². The van der Waals surface area contributed by atoms with E-state index in [-0.39, 0.29) is 41.5 Å². The molecule has 9 nitrogen and oxygen atoms in total. The minimum absolute atomic E-state index is 0.0216. The van der Waals surface area contributed by atoms with Crippen molar-refractivity contribution in [1.82, 2.24) is 20.3 Å². The average Bonchev–Trinajstić information content (AvgIpc) is 3.47. The van der Waals surface area contributed by atoms with Gasteiger partial charge in [-0.05, 0) is 38.7 Å². The monoisotopic (exact) mass is 436 g/mol. The molecule has 3 aromatic rings. The number of hydrogen-bond acceptors (Lipinski definition) is 6. The number of rotatable bonds is 7. The van der Waals surface area contributed by atoms with Crippen molar-refractivity contribution < 1.29 is 23.9 Å². The van der Waals surface area contributed by atoms with Gasteiger partial charge in [-0.3, -0.25) is 9.59 Å². The third kappa shape index (κ3) is 4.46. The number of carboxylic acids is 1. The number of aromatic carboxylic acids is 1. The van der Waals surface area contributed by atoms with Crippen molar-refractivity contribution in [1.29, 1.82) is 0 Å². The van der Waals surface area contributed by atoms with E-state index in [9.17, 15) is 14.4 Å². The first kappa shape index (κ1) is 21.5. The summed E-state index contributed by atoms with van der Waals surface area (Å²) < 4.78 is 6.99. The van der Waals surface area contributed by atoms with Crippen LogP contribution in [0, 0.1) is 5.92 Å². The summed E-state index contributed by atoms with van der Waals surface area (Å²) in [6.07, 6.45) is 6.10. The second-order valence-electron chi connectivity index (χ2n) is 7.97. The van der Waals surface area contributed by atoms with Crippen LogP contribution in [0.3, 0.4) is 0 Å². The van der Waals surface area contributed by atoms with Crippen LogP contribution in [-0.4, -0.2) is 37.8 Å². The molecular formula is C23H24N4O5. The molecule has 0 atom stereocenters. The van der Waals surface area contributed by atoms with Crippen molar-refractivity contribution in [3.63, 3.8) is 0 Å². The van der Waals surface area contributed by atoms with Crippen LogP contribution in [0.5, 0.6) is 0 Å². The Bertz CT molecular complexity index is 1140. The second kappa shape index (κ2) is 9.17. The summed E-state index contributed by atoms with van der Waals surface area (Å²) in [5.74, 6) is -1.12. The molecule has 1 aromatic carbocycles. The maximum absolute atomic E-state index is 12.5. The van der Waals surface area contributed by atoms with Gasteiger partial charge in [0.2, 0.25) is 5.91 Å². The Morgan fingerprint density at radius 1 is 1.12 bits per heavy atom. The SMILES string of the molecule is CC(=O)c1ccccc1-c1cn(C2CCC(C(=O)NCc3occc3C(=O)O)CC2)nn1. The summed E-state index contributed by atoms with van der Waals surface area (Å²) in [5.41, 5.74) is 2.09. The highest BCUT2D eigenvalue weighted by atomic mass is 16.4. The Kier molecular flexibility index (Phi) is 6.16. The summed E-state index contributed by atoms with van der Waals surface area (Å²) in [7, 11) is 0. The normalized spacial score (nSPS) is 18.3. The third-order valence-corrected chi connectivity index (χ3v) is 5.93. The lowest BCUT2D eigenvalue weighted by atomic mass is 9.85. The molecule has 1 aliphatic carbocycles. The van der Waals surface area contributed by atoms with Crippen LogP contribution in [0.1, 0.15) is 65.1 Å². The number of hydrogen-bond donors (Lipinski definition) is 2. The van der Waals surface area contributed by atoms with Gasteiger partial charge in [-0.25, -0.2) is 9.48 Å². The van der Waals surface area contributed by atoms with Gasteiger partial charge in [-0.15, -0.1) is 5.10 Å². The Labute approximate surface area is 184 Å². The quantitative estimate of drug-likeness (QED) is 0.543. The van der Waals surface area contributed by atoms with Crippen LogP contribution < -0.4 is 5.32 Å². The van der Waals surface area contributed by atoms with E-state index in [2.05, 4.69) is 15.6 Å². The van der Waals surface area contributed by atoms with Crippen LogP contribution in [-0.2, 0) is 11.3 Å². The first-order valence-electron chi connectivity index (χ1n) is 10.5. The predicted molar refractivity (Wildman–Crippen MR) is 114 cm³/mol. The van der Waals surface area contributed by atoms with Gasteiger partial charge in [0.15, 0.2) is 5.78 Å². The minimum Gasteiger partial charge on any atom is -0.478 e. The minimum atomic E-state index is -1.08. The summed E-state index contributed by atoms with van der Waals surface area (Å²) in [6, 6.07) is 8.84. The molecule has 1 saturated carbocycles. The highest BCUT2D eigenvalue weighted by Gasteiger charge is 2.28. The lowest BCUT2D eigenvalue weighted by Crippen LogP contribution is -2.33. The molecule has 2 aromatic heterocycles. The molecule has 2 N–H and O–H groups in total. The van der Waals surface area contributed by atoms with Crippen molar-refractivity contribution in [3.8, 4) is 11.3 Å². The van der Waals surface area contributed by atoms with E-state index in [4.69, 9.17) is 9.52 Å². The van der Waals surface area contributed by atoms with Crippen LogP contribution in [0.25, 0.3) is 11.3 Å². The fraction of sp³-hybridized carbons (Fsp3) is 0.348.